The molecule has 0 unspecified atom stereocenters. The number of pyridine rings is 1. The van der Waals surface area contributed by atoms with E-state index in [0.29, 0.717) is 5.69 Å². The third-order valence-corrected chi connectivity index (χ3v) is 6.19. The number of piperidine rings is 1. The van der Waals surface area contributed by atoms with Crippen LogP contribution in [0.3, 0.4) is 0 Å². The minimum absolute atomic E-state index is 0. The van der Waals surface area contributed by atoms with E-state index in [9.17, 15) is 4.79 Å². The van der Waals surface area contributed by atoms with Crippen LogP contribution in [0.4, 0.5) is 0 Å². The van der Waals surface area contributed by atoms with Crippen LogP contribution in [0, 0.1) is 0 Å². The molecule has 5 rings (SSSR count). The highest BCUT2D eigenvalue weighted by molar-refractivity contribution is 5.91. The molecule has 8 heteroatoms. The molecule has 4 heterocycles. The first-order chi connectivity index (χ1) is 16.0. The van der Waals surface area contributed by atoms with Gasteiger partial charge in [-0.05, 0) is 45.9 Å². The highest BCUT2D eigenvalue weighted by Gasteiger charge is 2.21. The first-order valence-corrected chi connectivity index (χ1v) is 11.5. The number of hydrogen-bond donors (Lipinski definition) is 0. The van der Waals surface area contributed by atoms with Crippen molar-refractivity contribution in [3.05, 3.63) is 71.1 Å². The quantitative estimate of drug-likeness (QED) is 0.415. The Hall–Kier alpha value is -3.16. The van der Waals surface area contributed by atoms with Crippen LogP contribution in [0.15, 0.2) is 65.6 Å². The molecule has 4 aromatic rings. The fourth-order valence-corrected chi connectivity index (χ4v) is 4.37. The number of hydrogen-bond acceptors (Lipinski definition) is 5. The van der Waals surface area contributed by atoms with Crippen LogP contribution < -0.4 is 10.3 Å². The van der Waals surface area contributed by atoms with Crippen LogP contribution in [0.1, 0.15) is 32.7 Å². The number of halogens is 1. The second kappa shape index (κ2) is 9.99. The standard InChI is InChI=1S/C26H29N5O2.ClH/c1-18(2)31-24(32)10-9-22(27-31)25-23-17-21(33-20-11-14-29(3)15-12-20)13-16-30(23)28-26(25)19-7-5-4-6-8-19;/h4-10,13,16-18,20H,11-12,14-15H2,1-3H3;1H. The van der Waals surface area contributed by atoms with Gasteiger partial charge in [0, 0.05) is 37.0 Å². The average Bonchev–Trinajstić information content (AvgIpc) is 3.20. The average molecular weight is 480 g/mol. The Morgan fingerprint density at radius 1 is 1.00 bits per heavy atom. The normalized spacial score (nSPS) is 14.9. The number of benzene rings is 1. The van der Waals surface area contributed by atoms with E-state index in [1.807, 2.05) is 67.0 Å². The van der Waals surface area contributed by atoms with Crippen LogP contribution in [0.2, 0.25) is 0 Å². The molecule has 1 saturated heterocycles. The molecule has 0 spiro atoms. The first-order valence-electron chi connectivity index (χ1n) is 11.5. The summed E-state index contributed by atoms with van der Waals surface area (Å²) in [5.74, 6) is 0.829. The maximum absolute atomic E-state index is 12.4. The Labute approximate surface area is 205 Å². The number of aromatic nitrogens is 4. The van der Waals surface area contributed by atoms with Crippen molar-refractivity contribution in [2.75, 3.05) is 20.1 Å². The van der Waals surface area contributed by atoms with Crippen LogP contribution >= 0.6 is 12.4 Å². The van der Waals surface area contributed by atoms with Crippen LogP contribution in [0.25, 0.3) is 28.0 Å². The fraction of sp³-hybridized carbons (Fsp3) is 0.346. The predicted octanol–water partition coefficient (Wildman–Crippen LogP) is 4.70. The highest BCUT2D eigenvalue weighted by Crippen LogP contribution is 2.35. The molecule has 178 valence electrons. The van der Waals surface area contributed by atoms with Crippen molar-refractivity contribution in [1.29, 1.82) is 0 Å². The lowest BCUT2D eigenvalue weighted by Gasteiger charge is -2.29. The third kappa shape index (κ3) is 4.72. The van der Waals surface area contributed by atoms with E-state index in [-0.39, 0.29) is 30.1 Å². The highest BCUT2D eigenvalue weighted by atomic mass is 35.5. The number of likely N-dealkylation sites (tertiary alicyclic amines) is 1. The SMILES string of the molecule is CC(C)n1nc(-c2c(-c3ccccc3)nn3ccc(OC4CCN(C)CC4)cc23)ccc1=O.Cl. The van der Waals surface area contributed by atoms with Crippen molar-refractivity contribution >= 4 is 17.9 Å². The second-order valence-corrected chi connectivity index (χ2v) is 9.00. The lowest BCUT2D eigenvalue weighted by molar-refractivity contribution is 0.114. The molecule has 1 aliphatic rings. The number of fused-ring (bicyclic) bond motifs is 1. The molecule has 3 aromatic heterocycles. The molecule has 7 nitrogen and oxygen atoms in total. The third-order valence-electron chi connectivity index (χ3n) is 6.19. The molecule has 1 aliphatic heterocycles. The molecule has 1 fully saturated rings. The number of ether oxygens (including phenoxy) is 1. The topological polar surface area (TPSA) is 64.7 Å². The van der Waals surface area contributed by atoms with Gasteiger partial charge in [0.15, 0.2) is 0 Å². The molecule has 0 radical (unpaired) electrons. The minimum Gasteiger partial charge on any atom is -0.490 e. The summed E-state index contributed by atoms with van der Waals surface area (Å²) in [6.45, 7) is 6.01. The van der Waals surface area contributed by atoms with Gasteiger partial charge in [-0.15, -0.1) is 12.4 Å². The molecular weight excluding hydrogens is 450 g/mol. The summed E-state index contributed by atoms with van der Waals surface area (Å²) in [4.78, 5) is 14.7. The molecule has 0 atom stereocenters. The van der Waals surface area contributed by atoms with Gasteiger partial charge >= 0.3 is 0 Å². The van der Waals surface area contributed by atoms with Crippen LogP contribution in [-0.4, -0.2) is 50.5 Å². The lowest BCUT2D eigenvalue weighted by atomic mass is 10.0. The van der Waals surface area contributed by atoms with Crippen molar-refractivity contribution in [2.45, 2.75) is 38.8 Å². The maximum atomic E-state index is 12.4. The maximum Gasteiger partial charge on any atom is 0.267 e. The van der Waals surface area contributed by atoms with E-state index < -0.39 is 0 Å². The van der Waals surface area contributed by atoms with E-state index in [4.69, 9.17) is 14.9 Å². The summed E-state index contributed by atoms with van der Waals surface area (Å²) in [6, 6.07) is 17.4. The number of nitrogens with zero attached hydrogens (tertiary/aromatic N) is 5. The smallest absolute Gasteiger partial charge is 0.267 e. The fourth-order valence-electron chi connectivity index (χ4n) is 4.37. The van der Waals surface area contributed by atoms with Gasteiger partial charge in [-0.3, -0.25) is 4.79 Å². The van der Waals surface area contributed by atoms with Crippen LogP contribution in [0.5, 0.6) is 5.75 Å². The zero-order valence-corrected chi connectivity index (χ0v) is 20.5. The zero-order chi connectivity index (χ0) is 22.9. The Balaban J connectivity index is 0.00000274. The summed E-state index contributed by atoms with van der Waals surface area (Å²) in [7, 11) is 2.15. The minimum atomic E-state index is -0.113. The van der Waals surface area contributed by atoms with E-state index in [1.165, 1.54) is 4.68 Å². The number of rotatable bonds is 5. The van der Waals surface area contributed by atoms with Gasteiger partial charge in [0.1, 0.15) is 17.5 Å². The summed E-state index contributed by atoms with van der Waals surface area (Å²) in [5.41, 5.74) is 4.23. The van der Waals surface area contributed by atoms with Gasteiger partial charge in [-0.1, -0.05) is 30.3 Å². The van der Waals surface area contributed by atoms with Crippen molar-refractivity contribution in [3.63, 3.8) is 0 Å². The van der Waals surface area contributed by atoms with E-state index in [2.05, 4.69) is 11.9 Å². The summed E-state index contributed by atoms with van der Waals surface area (Å²) >= 11 is 0. The van der Waals surface area contributed by atoms with Crippen molar-refractivity contribution in [1.82, 2.24) is 24.3 Å². The van der Waals surface area contributed by atoms with Crippen molar-refractivity contribution < 1.29 is 4.74 Å². The van der Waals surface area contributed by atoms with Gasteiger partial charge < -0.3 is 9.64 Å². The molecule has 0 N–H and O–H groups in total. The van der Waals surface area contributed by atoms with Gasteiger partial charge in [-0.2, -0.15) is 10.2 Å². The Bertz CT molecular complexity index is 1320. The molecule has 0 aliphatic carbocycles. The van der Waals surface area contributed by atoms with Gasteiger partial charge in [-0.25, -0.2) is 9.20 Å². The van der Waals surface area contributed by atoms with Gasteiger partial charge in [0.2, 0.25) is 0 Å². The van der Waals surface area contributed by atoms with Crippen LogP contribution in [-0.2, 0) is 0 Å². The lowest BCUT2D eigenvalue weighted by Crippen LogP contribution is -2.35. The zero-order valence-electron chi connectivity index (χ0n) is 19.7. The molecular formula is C26H30ClN5O2. The summed E-state index contributed by atoms with van der Waals surface area (Å²) < 4.78 is 9.74. The van der Waals surface area contributed by atoms with Crippen molar-refractivity contribution in [3.8, 4) is 28.3 Å². The summed E-state index contributed by atoms with van der Waals surface area (Å²) in [5, 5.41) is 9.59. The van der Waals surface area contributed by atoms with Gasteiger partial charge in [0.05, 0.1) is 22.8 Å². The Morgan fingerprint density at radius 2 is 1.74 bits per heavy atom. The monoisotopic (exact) mass is 479 g/mol. The largest absolute Gasteiger partial charge is 0.490 e. The molecule has 34 heavy (non-hydrogen) atoms. The van der Waals surface area contributed by atoms with Gasteiger partial charge in [0.25, 0.3) is 5.56 Å². The predicted molar refractivity (Wildman–Crippen MR) is 137 cm³/mol. The molecule has 0 saturated carbocycles. The van der Waals surface area contributed by atoms with E-state index in [1.54, 1.807) is 12.1 Å². The molecule has 0 bridgehead atoms. The first kappa shape index (κ1) is 24.0. The van der Waals surface area contributed by atoms with E-state index >= 15 is 0 Å². The molecule has 1 aromatic carbocycles. The second-order valence-electron chi connectivity index (χ2n) is 9.00. The molecule has 0 amide bonds. The Kier molecular flexibility index (Phi) is 7.05. The van der Waals surface area contributed by atoms with E-state index in [0.717, 1.165) is 54.0 Å². The summed E-state index contributed by atoms with van der Waals surface area (Å²) in [6.07, 6.45) is 4.19. The Morgan fingerprint density at radius 3 is 2.44 bits per heavy atom. The van der Waals surface area contributed by atoms with Crippen molar-refractivity contribution in [2.24, 2.45) is 0 Å².